The van der Waals surface area contributed by atoms with Gasteiger partial charge < -0.3 is 10.6 Å². The summed E-state index contributed by atoms with van der Waals surface area (Å²) in [6, 6.07) is 6.16. The average Bonchev–Trinajstić information content (AvgIpc) is 2.11. The molecule has 0 bridgehead atoms. The van der Waals surface area contributed by atoms with Crippen LogP contribution in [0.2, 0.25) is 0 Å². The van der Waals surface area contributed by atoms with Crippen LogP contribution in [0.4, 0.5) is 5.69 Å². The zero-order chi connectivity index (χ0) is 9.84. The average molecular weight is 306 g/mol. The Balaban J connectivity index is 2.79. The number of hydrogen-bond donors (Lipinski definition) is 2. The number of aryl methyl sites for hydroxylation is 1. The van der Waals surface area contributed by atoms with Gasteiger partial charge in [-0.15, -0.1) is 0 Å². The molecule has 0 amide bonds. The van der Waals surface area contributed by atoms with Gasteiger partial charge in [-0.25, -0.2) is 0 Å². The van der Waals surface area contributed by atoms with Gasteiger partial charge in [0.1, 0.15) is 0 Å². The molecule has 0 aliphatic heterocycles. The van der Waals surface area contributed by atoms with Crippen molar-refractivity contribution in [2.24, 2.45) is 0 Å². The number of nitrogens with one attached hydrogen (secondary N) is 2. The highest BCUT2D eigenvalue weighted by Gasteiger charge is 1.97. The number of rotatable bonds is 1. The van der Waals surface area contributed by atoms with Crippen LogP contribution in [0.3, 0.4) is 0 Å². The number of thiocarbonyl (C=S) groups is 1. The number of hydrogen-bond acceptors (Lipinski definition) is 1. The van der Waals surface area contributed by atoms with E-state index in [1.165, 1.54) is 9.13 Å². The Labute approximate surface area is 97.2 Å². The molecule has 0 unspecified atom stereocenters. The van der Waals surface area contributed by atoms with Crippen molar-refractivity contribution in [2.45, 2.75) is 6.92 Å². The predicted molar refractivity (Wildman–Crippen MR) is 69.2 cm³/mol. The summed E-state index contributed by atoms with van der Waals surface area (Å²) < 4.78 is 1.24. The van der Waals surface area contributed by atoms with Gasteiger partial charge >= 0.3 is 0 Å². The zero-order valence-corrected chi connectivity index (χ0v) is 10.5. The lowest BCUT2D eigenvalue weighted by Crippen LogP contribution is -2.24. The molecule has 0 spiro atoms. The van der Waals surface area contributed by atoms with Crippen LogP contribution >= 0.6 is 34.8 Å². The van der Waals surface area contributed by atoms with Gasteiger partial charge in [0, 0.05) is 16.3 Å². The molecule has 4 heteroatoms. The van der Waals surface area contributed by atoms with Crippen molar-refractivity contribution in [1.29, 1.82) is 0 Å². The maximum absolute atomic E-state index is 4.99. The van der Waals surface area contributed by atoms with Crippen molar-refractivity contribution in [2.75, 3.05) is 12.4 Å². The van der Waals surface area contributed by atoms with Gasteiger partial charge in [0.2, 0.25) is 0 Å². The molecule has 0 saturated carbocycles. The molecule has 0 heterocycles. The van der Waals surface area contributed by atoms with E-state index in [9.17, 15) is 0 Å². The van der Waals surface area contributed by atoms with Gasteiger partial charge in [0.15, 0.2) is 5.11 Å². The molecule has 0 saturated heterocycles. The first-order valence-corrected chi connectivity index (χ1v) is 5.37. The molecule has 2 N–H and O–H groups in total. The van der Waals surface area contributed by atoms with E-state index in [4.69, 9.17) is 12.2 Å². The predicted octanol–water partition coefficient (Wildman–Crippen LogP) is 2.52. The molecule has 13 heavy (non-hydrogen) atoms. The smallest absolute Gasteiger partial charge is 0.170 e. The summed E-state index contributed by atoms with van der Waals surface area (Å²) in [6.45, 7) is 2.09. The van der Waals surface area contributed by atoms with Gasteiger partial charge in [-0.05, 0) is 59.4 Å². The lowest BCUT2D eigenvalue weighted by atomic mass is 10.2. The summed E-state index contributed by atoms with van der Waals surface area (Å²) in [6.07, 6.45) is 0. The van der Waals surface area contributed by atoms with Gasteiger partial charge in [0.25, 0.3) is 0 Å². The highest BCUT2D eigenvalue weighted by Crippen LogP contribution is 2.16. The standard InChI is InChI=1S/C9H11IN2S/c1-6-3-4-7(5-8(6)10)12-9(13)11-2/h3-5H,1-2H3,(H2,11,12,13). The molecule has 1 rings (SSSR count). The van der Waals surface area contributed by atoms with Crippen molar-refractivity contribution in [3.8, 4) is 0 Å². The van der Waals surface area contributed by atoms with Crippen molar-refractivity contribution >= 4 is 45.6 Å². The lowest BCUT2D eigenvalue weighted by Gasteiger charge is -2.08. The van der Waals surface area contributed by atoms with Crippen LogP contribution in [0.25, 0.3) is 0 Å². The Hall–Kier alpha value is -0.360. The molecule has 0 radical (unpaired) electrons. The Kier molecular flexibility index (Phi) is 3.92. The summed E-state index contributed by atoms with van der Waals surface area (Å²) >= 11 is 7.29. The van der Waals surface area contributed by atoms with Crippen LogP contribution < -0.4 is 10.6 Å². The second kappa shape index (κ2) is 4.76. The first-order chi connectivity index (χ1) is 6.13. The molecule has 70 valence electrons. The first kappa shape index (κ1) is 10.7. The van der Waals surface area contributed by atoms with Gasteiger partial charge in [0.05, 0.1) is 0 Å². The highest BCUT2D eigenvalue weighted by molar-refractivity contribution is 14.1. The minimum atomic E-state index is 0.639. The topological polar surface area (TPSA) is 24.1 Å². The van der Waals surface area contributed by atoms with Crippen LogP contribution in [0, 0.1) is 10.5 Å². The molecule has 0 aromatic heterocycles. The van der Waals surface area contributed by atoms with Gasteiger partial charge in [-0.1, -0.05) is 6.07 Å². The second-order valence-corrected chi connectivity index (χ2v) is 4.24. The minimum Gasteiger partial charge on any atom is -0.366 e. The van der Waals surface area contributed by atoms with Gasteiger partial charge in [-0.2, -0.15) is 0 Å². The van der Waals surface area contributed by atoms with Crippen LogP contribution in [-0.4, -0.2) is 12.2 Å². The summed E-state index contributed by atoms with van der Waals surface area (Å²) in [5.74, 6) is 0. The number of halogens is 1. The fourth-order valence-electron chi connectivity index (χ4n) is 0.864. The molecular formula is C9H11IN2S. The maximum atomic E-state index is 4.99. The third-order valence-electron chi connectivity index (χ3n) is 1.66. The summed E-state index contributed by atoms with van der Waals surface area (Å²) in [5, 5.41) is 6.58. The van der Waals surface area contributed by atoms with Crippen molar-refractivity contribution in [3.63, 3.8) is 0 Å². The van der Waals surface area contributed by atoms with Crippen molar-refractivity contribution in [1.82, 2.24) is 5.32 Å². The SMILES string of the molecule is CNC(=S)Nc1ccc(C)c(I)c1. The normalized spacial score (nSPS) is 9.46. The Morgan fingerprint density at radius 3 is 2.69 bits per heavy atom. The molecule has 2 nitrogen and oxygen atoms in total. The lowest BCUT2D eigenvalue weighted by molar-refractivity contribution is 1.20. The molecule has 0 atom stereocenters. The van der Waals surface area contributed by atoms with E-state index < -0.39 is 0 Å². The molecular weight excluding hydrogens is 295 g/mol. The third-order valence-corrected chi connectivity index (χ3v) is 3.13. The maximum Gasteiger partial charge on any atom is 0.170 e. The number of benzene rings is 1. The Bertz CT molecular complexity index is 325. The molecule has 0 aliphatic rings. The van der Waals surface area contributed by atoms with Crippen LogP contribution in [-0.2, 0) is 0 Å². The van der Waals surface area contributed by atoms with E-state index in [1.807, 2.05) is 6.07 Å². The first-order valence-electron chi connectivity index (χ1n) is 3.88. The van der Waals surface area contributed by atoms with E-state index in [0.717, 1.165) is 5.69 Å². The molecule has 1 aromatic carbocycles. The summed E-state index contributed by atoms with van der Waals surface area (Å²) in [5.41, 5.74) is 2.30. The van der Waals surface area contributed by atoms with Crippen LogP contribution in [0.5, 0.6) is 0 Å². The van der Waals surface area contributed by atoms with E-state index in [1.54, 1.807) is 7.05 Å². The fraction of sp³-hybridized carbons (Fsp3) is 0.222. The van der Waals surface area contributed by atoms with E-state index in [0.29, 0.717) is 5.11 Å². The van der Waals surface area contributed by atoms with Crippen molar-refractivity contribution < 1.29 is 0 Å². The third kappa shape index (κ3) is 3.11. The largest absolute Gasteiger partial charge is 0.366 e. The second-order valence-electron chi connectivity index (χ2n) is 2.67. The van der Waals surface area contributed by atoms with E-state index >= 15 is 0 Å². The zero-order valence-electron chi connectivity index (χ0n) is 7.52. The quantitative estimate of drug-likeness (QED) is 0.616. The van der Waals surface area contributed by atoms with Crippen molar-refractivity contribution in [3.05, 3.63) is 27.3 Å². The highest BCUT2D eigenvalue weighted by atomic mass is 127. The summed E-state index contributed by atoms with van der Waals surface area (Å²) in [4.78, 5) is 0. The minimum absolute atomic E-state index is 0.639. The Morgan fingerprint density at radius 2 is 2.15 bits per heavy atom. The van der Waals surface area contributed by atoms with Crippen LogP contribution in [0.1, 0.15) is 5.56 Å². The Morgan fingerprint density at radius 1 is 1.46 bits per heavy atom. The number of anilines is 1. The molecule has 0 aliphatic carbocycles. The fourth-order valence-corrected chi connectivity index (χ4v) is 1.50. The monoisotopic (exact) mass is 306 g/mol. The summed E-state index contributed by atoms with van der Waals surface area (Å²) in [7, 11) is 1.80. The van der Waals surface area contributed by atoms with E-state index in [-0.39, 0.29) is 0 Å². The molecule has 0 fully saturated rings. The molecule has 1 aromatic rings. The van der Waals surface area contributed by atoms with E-state index in [2.05, 4.69) is 52.3 Å². The van der Waals surface area contributed by atoms with Gasteiger partial charge in [-0.3, -0.25) is 0 Å². The van der Waals surface area contributed by atoms with Crippen LogP contribution in [0.15, 0.2) is 18.2 Å².